The molecule has 1 atom stereocenters. The number of benzene rings is 2. The molecule has 0 fully saturated rings. The van der Waals surface area contributed by atoms with Crippen LogP contribution in [0.5, 0.6) is 0 Å². The molecular formula is C21H26N2O5S. The summed E-state index contributed by atoms with van der Waals surface area (Å²) < 4.78 is 31.5. The summed E-state index contributed by atoms with van der Waals surface area (Å²) >= 11 is 0. The molecule has 2 aromatic rings. The van der Waals surface area contributed by atoms with E-state index in [1.165, 1.54) is 35.5 Å². The van der Waals surface area contributed by atoms with Gasteiger partial charge in [-0.05, 0) is 50.2 Å². The lowest BCUT2D eigenvalue weighted by molar-refractivity contribution is -0.123. The van der Waals surface area contributed by atoms with Gasteiger partial charge in [0.25, 0.3) is 5.91 Å². The third-order valence-electron chi connectivity index (χ3n) is 4.41. The minimum atomic E-state index is -3.60. The molecule has 0 bridgehead atoms. The molecule has 0 aliphatic rings. The zero-order valence-electron chi connectivity index (χ0n) is 17.0. The molecule has 0 radical (unpaired) electrons. The van der Waals surface area contributed by atoms with Gasteiger partial charge in [-0.1, -0.05) is 31.5 Å². The summed E-state index contributed by atoms with van der Waals surface area (Å²) in [6, 6.07) is 12.7. The number of rotatable bonds is 8. The van der Waals surface area contributed by atoms with Crippen LogP contribution in [-0.2, 0) is 19.6 Å². The van der Waals surface area contributed by atoms with E-state index in [-0.39, 0.29) is 10.5 Å². The van der Waals surface area contributed by atoms with Crippen LogP contribution in [0, 0.1) is 6.92 Å². The Labute approximate surface area is 171 Å². The Bertz CT molecular complexity index is 950. The number of nitrogens with one attached hydrogen (secondary N) is 1. The van der Waals surface area contributed by atoms with Crippen LogP contribution < -0.4 is 5.32 Å². The fraction of sp³-hybridized carbons (Fsp3) is 0.333. The van der Waals surface area contributed by atoms with Crippen molar-refractivity contribution >= 4 is 27.6 Å². The van der Waals surface area contributed by atoms with Crippen LogP contribution >= 0.6 is 0 Å². The number of esters is 1. The van der Waals surface area contributed by atoms with Gasteiger partial charge in [0, 0.05) is 18.8 Å². The summed E-state index contributed by atoms with van der Waals surface area (Å²) in [4.78, 5) is 24.6. The monoisotopic (exact) mass is 418 g/mol. The maximum absolute atomic E-state index is 12.5. The Morgan fingerprint density at radius 2 is 1.55 bits per heavy atom. The third kappa shape index (κ3) is 5.65. The second-order valence-electron chi connectivity index (χ2n) is 6.52. The van der Waals surface area contributed by atoms with Crippen molar-refractivity contribution in [2.45, 2.75) is 38.7 Å². The molecule has 0 aliphatic heterocycles. The first kappa shape index (κ1) is 22.6. The van der Waals surface area contributed by atoms with E-state index in [1.807, 2.05) is 19.1 Å². The maximum atomic E-state index is 12.5. The molecule has 1 amide bonds. The summed E-state index contributed by atoms with van der Waals surface area (Å²) in [5.41, 5.74) is 1.84. The Morgan fingerprint density at radius 1 is 1.00 bits per heavy atom. The van der Waals surface area contributed by atoms with E-state index in [2.05, 4.69) is 5.32 Å². The summed E-state index contributed by atoms with van der Waals surface area (Å²) in [5, 5.41) is 2.68. The van der Waals surface area contributed by atoms with Crippen molar-refractivity contribution in [3.05, 3.63) is 59.7 Å². The second kappa shape index (κ2) is 9.67. The number of hydrogen-bond acceptors (Lipinski definition) is 5. The second-order valence-corrected chi connectivity index (χ2v) is 8.45. The SMILES string of the molecule is CCN(CC)S(=O)(=O)c1ccc(C(=O)O[C@H](C)C(=O)Nc2ccc(C)cc2)cc1. The lowest BCUT2D eigenvalue weighted by Crippen LogP contribution is -2.31. The molecule has 8 heteroatoms. The molecule has 0 aromatic heterocycles. The summed E-state index contributed by atoms with van der Waals surface area (Å²) in [7, 11) is -3.60. The van der Waals surface area contributed by atoms with Gasteiger partial charge in [0.1, 0.15) is 0 Å². The molecule has 0 saturated heterocycles. The van der Waals surface area contributed by atoms with E-state index < -0.39 is 28.0 Å². The van der Waals surface area contributed by atoms with Crippen LogP contribution in [-0.4, -0.2) is 43.8 Å². The van der Waals surface area contributed by atoms with Crippen LogP contribution in [0.25, 0.3) is 0 Å². The zero-order valence-corrected chi connectivity index (χ0v) is 17.8. The van der Waals surface area contributed by atoms with Gasteiger partial charge in [0.05, 0.1) is 10.5 Å². The lowest BCUT2D eigenvalue weighted by Gasteiger charge is -2.18. The third-order valence-corrected chi connectivity index (χ3v) is 6.47. The van der Waals surface area contributed by atoms with Crippen LogP contribution in [0.3, 0.4) is 0 Å². The first-order chi connectivity index (χ1) is 13.7. The Balaban J connectivity index is 2.03. The van der Waals surface area contributed by atoms with Gasteiger partial charge in [-0.15, -0.1) is 0 Å². The first-order valence-corrected chi connectivity index (χ1v) is 10.8. The molecule has 0 heterocycles. The normalized spacial score (nSPS) is 12.4. The molecule has 7 nitrogen and oxygen atoms in total. The van der Waals surface area contributed by atoms with Crippen molar-refractivity contribution in [3.63, 3.8) is 0 Å². The average molecular weight is 419 g/mol. The maximum Gasteiger partial charge on any atom is 0.338 e. The highest BCUT2D eigenvalue weighted by Crippen LogP contribution is 2.17. The fourth-order valence-electron chi connectivity index (χ4n) is 2.64. The number of anilines is 1. The summed E-state index contributed by atoms with van der Waals surface area (Å²) in [6.45, 7) is 7.65. The minimum absolute atomic E-state index is 0.0999. The number of carbonyl (C=O) groups excluding carboxylic acids is 2. The zero-order chi connectivity index (χ0) is 21.6. The van der Waals surface area contributed by atoms with Crippen molar-refractivity contribution in [3.8, 4) is 0 Å². The Kier molecular flexibility index (Phi) is 7.53. The lowest BCUT2D eigenvalue weighted by atomic mass is 10.2. The molecule has 156 valence electrons. The van der Waals surface area contributed by atoms with Gasteiger partial charge >= 0.3 is 5.97 Å². The van der Waals surface area contributed by atoms with Gasteiger partial charge in [0.2, 0.25) is 10.0 Å². The highest BCUT2D eigenvalue weighted by atomic mass is 32.2. The highest BCUT2D eigenvalue weighted by Gasteiger charge is 2.23. The standard InChI is InChI=1S/C21H26N2O5S/c1-5-23(6-2)29(26,27)19-13-9-17(10-14-19)21(25)28-16(4)20(24)22-18-11-7-15(3)8-12-18/h7-14,16H,5-6H2,1-4H3,(H,22,24)/t16-/m1/s1. The van der Waals surface area contributed by atoms with Gasteiger partial charge in [-0.3, -0.25) is 4.79 Å². The molecule has 29 heavy (non-hydrogen) atoms. The van der Waals surface area contributed by atoms with Gasteiger partial charge < -0.3 is 10.1 Å². The van der Waals surface area contributed by atoms with Gasteiger partial charge in [-0.2, -0.15) is 4.31 Å². The number of sulfonamides is 1. The van der Waals surface area contributed by atoms with Gasteiger partial charge in [0.15, 0.2) is 6.10 Å². The van der Waals surface area contributed by atoms with E-state index in [1.54, 1.807) is 26.0 Å². The van der Waals surface area contributed by atoms with Crippen LogP contribution in [0.4, 0.5) is 5.69 Å². The number of hydrogen-bond donors (Lipinski definition) is 1. The Hall–Kier alpha value is -2.71. The number of ether oxygens (including phenoxy) is 1. The molecule has 0 unspecified atom stereocenters. The predicted molar refractivity (Wildman–Crippen MR) is 111 cm³/mol. The van der Waals surface area contributed by atoms with Crippen molar-refractivity contribution in [1.82, 2.24) is 4.31 Å². The fourth-order valence-corrected chi connectivity index (χ4v) is 4.10. The van der Waals surface area contributed by atoms with Crippen molar-refractivity contribution in [1.29, 1.82) is 0 Å². The van der Waals surface area contributed by atoms with E-state index in [0.717, 1.165) is 5.56 Å². The van der Waals surface area contributed by atoms with E-state index >= 15 is 0 Å². The average Bonchev–Trinajstić information content (AvgIpc) is 2.70. The number of aryl methyl sites for hydroxylation is 1. The van der Waals surface area contributed by atoms with Gasteiger partial charge in [-0.25, -0.2) is 13.2 Å². The van der Waals surface area contributed by atoms with E-state index in [9.17, 15) is 18.0 Å². The molecule has 2 aromatic carbocycles. The van der Waals surface area contributed by atoms with Crippen LogP contribution in [0.1, 0.15) is 36.7 Å². The summed E-state index contributed by atoms with van der Waals surface area (Å²) in [5.74, 6) is -1.16. The molecule has 0 spiro atoms. The smallest absolute Gasteiger partial charge is 0.338 e. The Morgan fingerprint density at radius 3 is 2.07 bits per heavy atom. The number of nitrogens with zero attached hydrogens (tertiary/aromatic N) is 1. The molecule has 0 aliphatic carbocycles. The molecule has 2 rings (SSSR count). The molecule has 1 N–H and O–H groups in total. The van der Waals surface area contributed by atoms with Crippen molar-refractivity contribution in [2.24, 2.45) is 0 Å². The van der Waals surface area contributed by atoms with E-state index in [0.29, 0.717) is 18.8 Å². The van der Waals surface area contributed by atoms with Crippen LogP contribution in [0.2, 0.25) is 0 Å². The molecule has 0 saturated carbocycles. The van der Waals surface area contributed by atoms with E-state index in [4.69, 9.17) is 4.74 Å². The van der Waals surface area contributed by atoms with Crippen LogP contribution in [0.15, 0.2) is 53.4 Å². The van der Waals surface area contributed by atoms with Crippen molar-refractivity contribution < 1.29 is 22.7 Å². The largest absolute Gasteiger partial charge is 0.449 e. The number of carbonyl (C=O) groups is 2. The quantitative estimate of drug-likeness (QED) is 0.665. The van der Waals surface area contributed by atoms with Crippen molar-refractivity contribution in [2.75, 3.05) is 18.4 Å². The first-order valence-electron chi connectivity index (χ1n) is 9.37. The minimum Gasteiger partial charge on any atom is -0.449 e. The number of amides is 1. The molecular weight excluding hydrogens is 392 g/mol. The predicted octanol–water partition coefficient (Wildman–Crippen LogP) is 3.21. The summed E-state index contributed by atoms with van der Waals surface area (Å²) in [6.07, 6.45) is -1.01. The topological polar surface area (TPSA) is 92.8 Å². The highest BCUT2D eigenvalue weighted by molar-refractivity contribution is 7.89.